The summed E-state index contributed by atoms with van der Waals surface area (Å²) in [5.74, 6) is 0.0424. The molecule has 0 radical (unpaired) electrons. The van der Waals surface area contributed by atoms with Crippen LogP contribution in [0.4, 0.5) is 0 Å². The third kappa shape index (κ3) is 4.30. The maximum absolute atomic E-state index is 13.2. The molecular weight excluding hydrogens is 428 g/mol. The second-order valence-electron chi connectivity index (χ2n) is 9.50. The molecule has 178 valence electrons. The minimum Gasteiger partial charge on any atom is -0.339 e. The Hall–Kier alpha value is -3.26. The van der Waals surface area contributed by atoms with Gasteiger partial charge in [0.15, 0.2) is 0 Å². The number of aromatic nitrogens is 3. The SMILES string of the molecule is CC(C)N1CCN(C(=O)c2cncc(-c3cccc4c(C(=O)N5CCCCC5)cnn34)c2)CC1. The number of nitrogens with zero attached hydrogens (tertiary/aromatic N) is 6. The predicted octanol–water partition coefficient (Wildman–Crippen LogP) is 3.19. The molecule has 3 aromatic rings. The first kappa shape index (κ1) is 22.5. The number of carbonyl (C=O) groups is 2. The highest BCUT2D eigenvalue weighted by atomic mass is 16.2. The molecule has 5 rings (SSSR count). The van der Waals surface area contributed by atoms with Gasteiger partial charge in [-0.3, -0.25) is 19.5 Å². The third-order valence-electron chi connectivity index (χ3n) is 7.03. The molecular formula is C26H32N6O2. The van der Waals surface area contributed by atoms with Gasteiger partial charge in [-0.05, 0) is 51.3 Å². The molecule has 0 atom stereocenters. The number of fused-ring (bicyclic) bond motifs is 1. The topological polar surface area (TPSA) is 74.0 Å². The lowest BCUT2D eigenvalue weighted by Crippen LogP contribution is -2.50. The molecule has 0 unspecified atom stereocenters. The number of pyridine rings is 2. The molecule has 34 heavy (non-hydrogen) atoms. The zero-order chi connectivity index (χ0) is 23.7. The Morgan fingerprint density at radius 3 is 2.32 bits per heavy atom. The van der Waals surface area contributed by atoms with Crippen LogP contribution >= 0.6 is 0 Å². The van der Waals surface area contributed by atoms with Crippen molar-refractivity contribution in [2.75, 3.05) is 39.3 Å². The van der Waals surface area contributed by atoms with Crippen molar-refractivity contribution in [1.82, 2.24) is 29.3 Å². The second kappa shape index (κ2) is 9.54. The summed E-state index contributed by atoms with van der Waals surface area (Å²) in [6, 6.07) is 8.17. The van der Waals surface area contributed by atoms with Crippen LogP contribution in [0.5, 0.6) is 0 Å². The molecule has 8 nitrogen and oxygen atoms in total. The maximum Gasteiger partial charge on any atom is 0.257 e. The Bertz CT molecular complexity index is 1190. The minimum absolute atomic E-state index is 0.00589. The number of hydrogen-bond donors (Lipinski definition) is 0. The summed E-state index contributed by atoms with van der Waals surface area (Å²) in [6.07, 6.45) is 8.32. The Morgan fingerprint density at radius 2 is 1.59 bits per heavy atom. The van der Waals surface area contributed by atoms with E-state index in [2.05, 4.69) is 28.8 Å². The van der Waals surface area contributed by atoms with Gasteiger partial charge in [-0.1, -0.05) is 6.07 Å². The Balaban J connectivity index is 1.40. The van der Waals surface area contributed by atoms with Gasteiger partial charge in [0.2, 0.25) is 0 Å². The molecule has 0 aromatic carbocycles. The zero-order valence-corrected chi connectivity index (χ0v) is 20.0. The molecule has 2 amide bonds. The van der Waals surface area contributed by atoms with Gasteiger partial charge in [0.25, 0.3) is 11.8 Å². The fourth-order valence-electron chi connectivity index (χ4n) is 4.98. The van der Waals surface area contributed by atoms with E-state index in [1.54, 1.807) is 23.1 Å². The largest absolute Gasteiger partial charge is 0.339 e. The maximum atomic E-state index is 13.2. The number of hydrogen-bond acceptors (Lipinski definition) is 5. The molecule has 2 saturated heterocycles. The molecule has 0 aliphatic carbocycles. The van der Waals surface area contributed by atoms with Crippen molar-refractivity contribution in [3.63, 3.8) is 0 Å². The third-order valence-corrected chi connectivity index (χ3v) is 7.03. The first-order chi connectivity index (χ1) is 16.5. The van der Waals surface area contributed by atoms with Crippen molar-refractivity contribution in [2.45, 2.75) is 39.2 Å². The summed E-state index contributed by atoms with van der Waals surface area (Å²) in [5.41, 5.74) is 3.57. The quantitative estimate of drug-likeness (QED) is 0.598. The van der Waals surface area contributed by atoms with Crippen LogP contribution in [0.3, 0.4) is 0 Å². The highest BCUT2D eigenvalue weighted by Gasteiger charge is 2.25. The summed E-state index contributed by atoms with van der Waals surface area (Å²) in [4.78, 5) is 36.9. The van der Waals surface area contributed by atoms with E-state index in [0.29, 0.717) is 17.2 Å². The van der Waals surface area contributed by atoms with Crippen molar-refractivity contribution in [2.24, 2.45) is 0 Å². The van der Waals surface area contributed by atoms with E-state index in [9.17, 15) is 9.59 Å². The van der Waals surface area contributed by atoms with E-state index in [1.807, 2.05) is 34.1 Å². The van der Waals surface area contributed by atoms with Crippen LogP contribution in [0.25, 0.3) is 16.8 Å². The highest BCUT2D eigenvalue weighted by Crippen LogP contribution is 2.25. The molecule has 2 aliphatic rings. The lowest BCUT2D eigenvalue weighted by molar-refractivity contribution is 0.0595. The van der Waals surface area contributed by atoms with Crippen molar-refractivity contribution in [3.8, 4) is 11.3 Å². The summed E-state index contributed by atoms with van der Waals surface area (Å²) in [7, 11) is 0. The van der Waals surface area contributed by atoms with Gasteiger partial charge in [-0.25, -0.2) is 4.52 Å². The summed E-state index contributed by atoms with van der Waals surface area (Å²) >= 11 is 0. The first-order valence-corrected chi connectivity index (χ1v) is 12.3. The van der Waals surface area contributed by atoms with Crippen molar-refractivity contribution in [3.05, 3.63) is 54.0 Å². The Kier molecular flexibility index (Phi) is 6.32. The molecule has 0 N–H and O–H groups in total. The number of amides is 2. The first-order valence-electron chi connectivity index (χ1n) is 12.3. The van der Waals surface area contributed by atoms with Crippen LogP contribution in [0.2, 0.25) is 0 Å². The van der Waals surface area contributed by atoms with Gasteiger partial charge in [-0.15, -0.1) is 0 Å². The molecule has 3 aromatic heterocycles. The van der Waals surface area contributed by atoms with Gasteiger partial charge >= 0.3 is 0 Å². The minimum atomic E-state index is 0.00589. The Labute approximate surface area is 200 Å². The molecule has 5 heterocycles. The predicted molar refractivity (Wildman–Crippen MR) is 131 cm³/mol. The van der Waals surface area contributed by atoms with Crippen LogP contribution < -0.4 is 0 Å². The number of piperazine rings is 1. The van der Waals surface area contributed by atoms with Crippen LogP contribution in [0, 0.1) is 0 Å². The highest BCUT2D eigenvalue weighted by molar-refractivity contribution is 6.01. The van der Waals surface area contributed by atoms with Crippen LogP contribution in [-0.4, -0.2) is 86.4 Å². The molecule has 0 saturated carbocycles. The van der Waals surface area contributed by atoms with Gasteiger partial charge in [0.05, 0.1) is 28.5 Å². The Morgan fingerprint density at radius 1 is 0.853 bits per heavy atom. The summed E-state index contributed by atoms with van der Waals surface area (Å²) in [6.45, 7) is 9.19. The van der Waals surface area contributed by atoms with Gasteiger partial charge in [0, 0.05) is 63.3 Å². The second-order valence-corrected chi connectivity index (χ2v) is 9.50. The van der Waals surface area contributed by atoms with Crippen LogP contribution in [-0.2, 0) is 0 Å². The van der Waals surface area contributed by atoms with E-state index < -0.39 is 0 Å². The van der Waals surface area contributed by atoms with E-state index in [4.69, 9.17) is 0 Å². The van der Waals surface area contributed by atoms with Gasteiger partial charge in [-0.2, -0.15) is 5.10 Å². The smallest absolute Gasteiger partial charge is 0.257 e. The molecule has 8 heteroatoms. The number of carbonyl (C=O) groups excluding carboxylic acids is 2. The van der Waals surface area contributed by atoms with E-state index in [-0.39, 0.29) is 11.8 Å². The normalized spacial score (nSPS) is 17.5. The average molecular weight is 461 g/mol. The fourth-order valence-corrected chi connectivity index (χ4v) is 4.98. The van der Waals surface area contributed by atoms with E-state index in [1.165, 1.54) is 6.42 Å². The molecule has 0 spiro atoms. The average Bonchev–Trinajstić information content (AvgIpc) is 3.33. The lowest BCUT2D eigenvalue weighted by atomic mass is 10.1. The van der Waals surface area contributed by atoms with Crippen molar-refractivity contribution >= 4 is 17.3 Å². The summed E-state index contributed by atoms with van der Waals surface area (Å²) < 4.78 is 1.78. The number of piperidine rings is 1. The lowest BCUT2D eigenvalue weighted by Gasteiger charge is -2.36. The zero-order valence-electron chi connectivity index (χ0n) is 20.0. The van der Waals surface area contributed by atoms with Gasteiger partial charge < -0.3 is 9.80 Å². The molecule has 2 aliphatic heterocycles. The number of likely N-dealkylation sites (tertiary alicyclic amines) is 1. The standard InChI is InChI=1S/C26H32N6O2/c1-19(2)29-11-13-31(14-12-29)25(33)21-15-20(16-27-17-21)23-7-6-8-24-22(18-28-32(23)24)26(34)30-9-4-3-5-10-30/h6-8,15-19H,3-5,9-14H2,1-2H3. The number of rotatable bonds is 4. The van der Waals surface area contributed by atoms with Crippen molar-refractivity contribution < 1.29 is 9.59 Å². The van der Waals surface area contributed by atoms with Crippen molar-refractivity contribution in [1.29, 1.82) is 0 Å². The molecule has 0 bridgehead atoms. The molecule has 2 fully saturated rings. The van der Waals surface area contributed by atoms with Crippen LogP contribution in [0.1, 0.15) is 53.8 Å². The van der Waals surface area contributed by atoms with Gasteiger partial charge in [0.1, 0.15) is 0 Å². The monoisotopic (exact) mass is 460 g/mol. The van der Waals surface area contributed by atoms with Crippen LogP contribution in [0.15, 0.2) is 42.9 Å². The van der Waals surface area contributed by atoms with E-state index >= 15 is 0 Å². The fraction of sp³-hybridized carbons (Fsp3) is 0.462. The summed E-state index contributed by atoms with van der Waals surface area (Å²) in [5, 5.41) is 4.54. The van der Waals surface area contributed by atoms with E-state index in [0.717, 1.165) is 68.9 Å².